The standard InChI is InChI=1S/C14H20N2/c1-9-7-11-13(15-8-16(11)6)10(2)12(9)14(3,4)5/h7-8H,1-6H3. The van der Waals surface area contributed by atoms with Gasteiger partial charge in [-0.1, -0.05) is 20.8 Å². The highest BCUT2D eigenvalue weighted by molar-refractivity contribution is 5.81. The lowest BCUT2D eigenvalue weighted by molar-refractivity contribution is 0.583. The summed E-state index contributed by atoms with van der Waals surface area (Å²) in [6, 6.07) is 2.25. The Bertz CT molecular complexity index is 542. The average Bonchev–Trinajstić information content (AvgIpc) is 2.46. The van der Waals surface area contributed by atoms with Crippen LogP contribution in [0.4, 0.5) is 0 Å². The molecule has 0 saturated heterocycles. The third-order valence-electron chi connectivity index (χ3n) is 3.21. The highest BCUT2D eigenvalue weighted by Gasteiger charge is 2.21. The van der Waals surface area contributed by atoms with E-state index in [1.54, 1.807) is 0 Å². The van der Waals surface area contributed by atoms with Crippen LogP contribution in [-0.2, 0) is 12.5 Å². The molecule has 0 radical (unpaired) electrons. The molecule has 1 aromatic carbocycles. The van der Waals surface area contributed by atoms with Gasteiger partial charge in [0.05, 0.1) is 17.4 Å². The summed E-state index contributed by atoms with van der Waals surface area (Å²) in [7, 11) is 2.05. The molecule has 0 atom stereocenters. The van der Waals surface area contributed by atoms with Crippen molar-refractivity contribution in [1.82, 2.24) is 9.55 Å². The van der Waals surface area contributed by atoms with Crippen LogP contribution in [0.25, 0.3) is 11.0 Å². The van der Waals surface area contributed by atoms with Gasteiger partial charge in [-0.05, 0) is 42.0 Å². The van der Waals surface area contributed by atoms with Crippen LogP contribution < -0.4 is 0 Å². The van der Waals surface area contributed by atoms with Crippen molar-refractivity contribution in [2.45, 2.75) is 40.0 Å². The predicted molar refractivity (Wildman–Crippen MR) is 68.9 cm³/mol. The molecular weight excluding hydrogens is 196 g/mol. The molecule has 0 N–H and O–H groups in total. The van der Waals surface area contributed by atoms with Crippen molar-refractivity contribution in [2.75, 3.05) is 0 Å². The molecule has 16 heavy (non-hydrogen) atoms. The molecule has 2 rings (SSSR count). The maximum atomic E-state index is 4.50. The zero-order valence-corrected chi connectivity index (χ0v) is 11.0. The summed E-state index contributed by atoms with van der Waals surface area (Å²) in [5.41, 5.74) is 6.66. The summed E-state index contributed by atoms with van der Waals surface area (Å²) in [6.07, 6.45) is 1.89. The minimum atomic E-state index is 0.180. The third-order valence-corrected chi connectivity index (χ3v) is 3.21. The molecule has 0 bridgehead atoms. The van der Waals surface area contributed by atoms with Gasteiger partial charge in [-0.2, -0.15) is 0 Å². The van der Waals surface area contributed by atoms with E-state index in [9.17, 15) is 0 Å². The van der Waals surface area contributed by atoms with Gasteiger partial charge in [-0.15, -0.1) is 0 Å². The molecule has 0 aliphatic rings. The number of imidazole rings is 1. The second kappa shape index (κ2) is 3.34. The fourth-order valence-electron chi connectivity index (χ4n) is 2.74. The first kappa shape index (κ1) is 11.2. The van der Waals surface area contributed by atoms with Crippen LogP contribution in [0.1, 0.15) is 37.5 Å². The van der Waals surface area contributed by atoms with Crippen LogP contribution in [0.2, 0.25) is 0 Å². The van der Waals surface area contributed by atoms with Gasteiger partial charge in [-0.3, -0.25) is 0 Å². The molecule has 0 amide bonds. The van der Waals surface area contributed by atoms with E-state index in [-0.39, 0.29) is 5.41 Å². The number of fused-ring (bicyclic) bond motifs is 1. The van der Waals surface area contributed by atoms with Gasteiger partial charge in [0, 0.05) is 7.05 Å². The Kier molecular flexibility index (Phi) is 2.33. The van der Waals surface area contributed by atoms with E-state index in [4.69, 9.17) is 0 Å². The van der Waals surface area contributed by atoms with E-state index in [2.05, 4.69) is 50.2 Å². The van der Waals surface area contributed by atoms with Gasteiger partial charge in [0.1, 0.15) is 0 Å². The zero-order valence-electron chi connectivity index (χ0n) is 11.0. The Balaban J connectivity index is 2.87. The van der Waals surface area contributed by atoms with Crippen molar-refractivity contribution in [1.29, 1.82) is 0 Å². The minimum absolute atomic E-state index is 0.180. The fourth-order valence-corrected chi connectivity index (χ4v) is 2.74. The molecular formula is C14H20N2. The summed E-state index contributed by atoms with van der Waals surface area (Å²) < 4.78 is 2.09. The van der Waals surface area contributed by atoms with E-state index in [0.29, 0.717) is 0 Å². The minimum Gasteiger partial charge on any atom is -0.334 e. The van der Waals surface area contributed by atoms with E-state index >= 15 is 0 Å². The van der Waals surface area contributed by atoms with Gasteiger partial charge in [-0.25, -0.2) is 4.98 Å². The lowest BCUT2D eigenvalue weighted by Gasteiger charge is -2.24. The lowest BCUT2D eigenvalue weighted by atomic mass is 9.81. The molecule has 0 unspecified atom stereocenters. The maximum Gasteiger partial charge on any atom is 0.0955 e. The van der Waals surface area contributed by atoms with Gasteiger partial charge in [0.2, 0.25) is 0 Å². The molecule has 0 aliphatic carbocycles. The van der Waals surface area contributed by atoms with Crippen LogP contribution in [0.15, 0.2) is 12.4 Å². The maximum absolute atomic E-state index is 4.50. The van der Waals surface area contributed by atoms with Crippen molar-refractivity contribution in [3.05, 3.63) is 29.1 Å². The molecule has 2 aromatic rings. The molecule has 86 valence electrons. The third kappa shape index (κ3) is 1.53. The Labute approximate surface area is 97.3 Å². The molecule has 1 heterocycles. The zero-order chi connectivity index (χ0) is 12.1. The molecule has 1 aromatic heterocycles. The second-order valence-electron chi connectivity index (χ2n) is 5.67. The fraction of sp³-hybridized carbons (Fsp3) is 0.500. The van der Waals surface area contributed by atoms with Crippen LogP contribution >= 0.6 is 0 Å². The molecule has 2 heteroatoms. The topological polar surface area (TPSA) is 17.8 Å². The van der Waals surface area contributed by atoms with E-state index in [1.165, 1.54) is 22.2 Å². The van der Waals surface area contributed by atoms with Crippen molar-refractivity contribution in [3.63, 3.8) is 0 Å². The monoisotopic (exact) mass is 216 g/mol. The molecule has 0 aliphatic heterocycles. The van der Waals surface area contributed by atoms with E-state index in [1.807, 2.05) is 13.4 Å². The van der Waals surface area contributed by atoms with Crippen molar-refractivity contribution in [2.24, 2.45) is 7.05 Å². The number of hydrogen-bond donors (Lipinski definition) is 0. The van der Waals surface area contributed by atoms with Crippen LogP contribution in [0, 0.1) is 13.8 Å². The van der Waals surface area contributed by atoms with Crippen molar-refractivity contribution < 1.29 is 0 Å². The quantitative estimate of drug-likeness (QED) is 0.659. The van der Waals surface area contributed by atoms with Gasteiger partial charge in [0.25, 0.3) is 0 Å². The summed E-state index contributed by atoms with van der Waals surface area (Å²) in [4.78, 5) is 4.50. The van der Waals surface area contributed by atoms with Gasteiger partial charge in [0.15, 0.2) is 0 Å². The first-order chi connectivity index (χ1) is 7.32. The van der Waals surface area contributed by atoms with Crippen molar-refractivity contribution >= 4 is 11.0 Å². The van der Waals surface area contributed by atoms with E-state index < -0.39 is 0 Å². The Morgan fingerprint density at radius 1 is 1.19 bits per heavy atom. The molecule has 0 fully saturated rings. The summed E-state index contributed by atoms with van der Waals surface area (Å²) in [5, 5.41) is 0. The Morgan fingerprint density at radius 3 is 2.38 bits per heavy atom. The first-order valence-electron chi connectivity index (χ1n) is 5.74. The number of rotatable bonds is 0. The lowest BCUT2D eigenvalue weighted by Crippen LogP contribution is -2.15. The number of aromatic nitrogens is 2. The number of hydrogen-bond acceptors (Lipinski definition) is 1. The first-order valence-corrected chi connectivity index (χ1v) is 5.74. The largest absolute Gasteiger partial charge is 0.334 e. The highest BCUT2D eigenvalue weighted by Crippen LogP contribution is 2.33. The number of benzene rings is 1. The summed E-state index contributed by atoms with van der Waals surface area (Å²) in [6.45, 7) is 11.2. The summed E-state index contributed by atoms with van der Waals surface area (Å²) in [5.74, 6) is 0. The van der Waals surface area contributed by atoms with Crippen LogP contribution in [0.5, 0.6) is 0 Å². The summed E-state index contributed by atoms with van der Waals surface area (Å²) >= 11 is 0. The Morgan fingerprint density at radius 2 is 1.81 bits per heavy atom. The SMILES string of the molecule is Cc1cc2c(ncn2C)c(C)c1C(C)(C)C. The van der Waals surface area contributed by atoms with Crippen LogP contribution in [0.3, 0.4) is 0 Å². The molecule has 0 spiro atoms. The average molecular weight is 216 g/mol. The smallest absolute Gasteiger partial charge is 0.0955 e. The van der Waals surface area contributed by atoms with E-state index in [0.717, 1.165) is 5.52 Å². The number of aryl methyl sites for hydroxylation is 3. The second-order valence-corrected chi connectivity index (χ2v) is 5.67. The number of nitrogens with zero attached hydrogens (tertiary/aromatic N) is 2. The van der Waals surface area contributed by atoms with Gasteiger partial charge < -0.3 is 4.57 Å². The molecule has 0 saturated carbocycles. The highest BCUT2D eigenvalue weighted by atomic mass is 15.0. The van der Waals surface area contributed by atoms with Gasteiger partial charge >= 0.3 is 0 Å². The predicted octanol–water partition coefficient (Wildman–Crippen LogP) is 3.49. The van der Waals surface area contributed by atoms with Crippen LogP contribution in [-0.4, -0.2) is 9.55 Å². The normalized spacial score (nSPS) is 12.4. The van der Waals surface area contributed by atoms with Crippen molar-refractivity contribution in [3.8, 4) is 0 Å². The Hall–Kier alpha value is -1.31. The molecule has 2 nitrogen and oxygen atoms in total.